The third-order valence-electron chi connectivity index (χ3n) is 4.15. The fourth-order valence-electron chi connectivity index (χ4n) is 3.03. The van der Waals surface area contributed by atoms with Gasteiger partial charge in [0, 0.05) is 23.9 Å². The summed E-state index contributed by atoms with van der Waals surface area (Å²) in [4.78, 5) is 0. The first-order valence-corrected chi connectivity index (χ1v) is 7.43. The van der Waals surface area contributed by atoms with Crippen LogP contribution in [0.1, 0.15) is 50.5 Å². The highest BCUT2D eigenvalue weighted by Crippen LogP contribution is 2.49. The van der Waals surface area contributed by atoms with Crippen LogP contribution in [0.5, 0.6) is 11.5 Å². The van der Waals surface area contributed by atoms with Crippen molar-refractivity contribution in [1.29, 1.82) is 0 Å². The van der Waals surface area contributed by atoms with Crippen LogP contribution in [0.25, 0.3) is 0 Å². The van der Waals surface area contributed by atoms with Gasteiger partial charge in [-0.3, -0.25) is 0 Å². The molecule has 1 aromatic rings. The zero-order chi connectivity index (χ0) is 13.5. The molecule has 0 aromatic heterocycles. The molecule has 3 rings (SSSR count). The van der Waals surface area contributed by atoms with Crippen LogP contribution in [0, 0.1) is 0 Å². The summed E-state index contributed by atoms with van der Waals surface area (Å²) in [6.07, 6.45) is 5.18. The average molecular weight is 282 g/mol. The van der Waals surface area contributed by atoms with Gasteiger partial charge < -0.3 is 15.2 Å². The van der Waals surface area contributed by atoms with Crippen LogP contribution in [-0.2, 0) is 0 Å². The molecule has 2 aliphatic rings. The van der Waals surface area contributed by atoms with E-state index in [1.807, 2.05) is 12.1 Å². The van der Waals surface area contributed by atoms with E-state index in [-0.39, 0.29) is 0 Å². The molecule has 0 amide bonds. The van der Waals surface area contributed by atoms with E-state index in [4.69, 9.17) is 26.8 Å². The van der Waals surface area contributed by atoms with Gasteiger partial charge in [0.2, 0.25) is 0 Å². The van der Waals surface area contributed by atoms with E-state index < -0.39 is 5.79 Å². The molecule has 1 aliphatic carbocycles. The van der Waals surface area contributed by atoms with E-state index in [0.717, 1.165) is 54.2 Å². The van der Waals surface area contributed by atoms with Crippen molar-refractivity contribution in [3.05, 3.63) is 22.7 Å². The molecule has 1 unspecified atom stereocenters. The average Bonchev–Trinajstić information content (AvgIpc) is 2.95. The van der Waals surface area contributed by atoms with Gasteiger partial charge in [0.05, 0.1) is 0 Å². The largest absolute Gasteiger partial charge is 0.448 e. The molecule has 1 heterocycles. The number of halogens is 1. The highest BCUT2D eigenvalue weighted by atomic mass is 35.5. The van der Waals surface area contributed by atoms with E-state index in [2.05, 4.69) is 6.92 Å². The number of rotatable bonds is 3. The van der Waals surface area contributed by atoms with Crippen LogP contribution in [0.3, 0.4) is 0 Å². The number of benzene rings is 1. The lowest BCUT2D eigenvalue weighted by Crippen LogP contribution is -2.34. The number of hydrogen-bond donors (Lipinski definition) is 1. The topological polar surface area (TPSA) is 44.5 Å². The standard InChI is InChI=1S/C15H20ClNO2/c1-10(4-7-17)11-8-13-14(9-12(11)16)19-15(18-13)5-2-3-6-15/h8-10H,2-7,17H2,1H3. The molecule has 1 aromatic carbocycles. The van der Waals surface area contributed by atoms with Crippen molar-refractivity contribution in [2.24, 2.45) is 5.73 Å². The summed E-state index contributed by atoms with van der Waals surface area (Å²) in [6, 6.07) is 3.93. The van der Waals surface area contributed by atoms with E-state index in [0.29, 0.717) is 12.5 Å². The van der Waals surface area contributed by atoms with E-state index in [1.54, 1.807) is 0 Å². The Hall–Kier alpha value is -0.930. The molecule has 0 radical (unpaired) electrons. The summed E-state index contributed by atoms with van der Waals surface area (Å²) in [7, 11) is 0. The predicted octanol–water partition coefficient (Wildman–Crippen LogP) is 3.83. The van der Waals surface area contributed by atoms with Crippen molar-refractivity contribution >= 4 is 11.6 Å². The first kappa shape index (κ1) is 13.1. The Bertz CT molecular complexity index is 483. The van der Waals surface area contributed by atoms with Crippen molar-refractivity contribution in [2.75, 3.05) is 6.54 Å². The number of ether oxygens (including phenoxy) is 2. The zero-order valence-electron chi connectivity index (χ0n) is 11.2. The Labute approximate surface area is 119 Å². The van der Waals surface area contributed by atoms with Crippen LogP contribution in [0.2, 0.25) is 5.02 Å². The molecule has 1 atom stereocenters. The molecular weight excluding hydrogens is 262 g/mol. The van der Waals surface area contributed by atoms with Gasteiger partial charge in [-0.25, -0.2) is 0 Å². The SMILES string of the molecule is CC(CCN)c1cc2c(cc1Cl)OC1(CCCC1)O2. The quantitative estimate of drug-likeness (QED) is 0.916. The summed E-state index contributed by atoms with van der Waals surface area (Å²) in [5, 5.41) is 0.748. The van der Waals surface area contributed by atoms with Crippen molar-refractivity contribution in [2.45, 2.75) is 50.7 Å². The number of nitrogens with two attached hydrogens (primary N) is 1. The van der Waals surface area contributed by atoms with E-state index >= 15 is 0 Å². The van der Waals surface area contributed by atoms with Gasteiger partial charge in [0.25, 0.3) is 5.79 Å². The van der Waals surface area contributed by atoms with Gasteiger partial charge in [0.15, 0.2) is 11.5 Å². The predicted molar refractivity (Wildman–Crippen MR) is 76.0 cm³/mol. The molecule has 1 spiro atoms. The molecule has 1 fully saturated rings. The molecule has 0 bridgehead atoms. The monoisotopic (exact) mass is 281 g/mol. The fraction of sp³-hybridized carbons (Fsp3) is 0.600. The van der Waals surface area contributed by atoms with Gasteiger partial charge in [-0.15, -0.1) is 0 Å². The van der Waals surface area contributed by atoms with E-state index in [1.165, 1.54) is 0 Å². The summed E-state index contributed by atoms with van der Waals surface area (Å²) in [5.74, 6) is 1.55. The molecule has 2 N–H and O–H groups in total. The second-order valence-electron chi connectivity index (χ2n) is 5.62. The Morgan fingerprint density at radius 3 is 2.53 bits per heavy atom. The molecule has 104 valence electrons. The highest BCUT2D eigenvalue weighted by Gasteiger charge is 2.44. The van der Waals surface area contributed by atoms with Gasteiger partial charge in [-0.1, -0.05) is 18.5 Å². The Morgan fingerprint density at radius 1 is 1.26 bits per heavy atom. The second kappa shape index (κ2) is 4.88. The minimum Gasteiger partial charge on any atom is -0.448 e. The minimum atomic E-state index is -0.415. The summed E-state index contributed by atoms with van der Waals surface area (Å²) in [5.41, 5.74) is 6.73. The Kier molecular flexibility index (Phi) is 3.35. The highest BCUT2D eigenvalue weighted by molar-refractivity contribution is 6.31. The molecule has 3 nitrogen and oxygen atoms in total. The van der Waals surface area contributed by atoms with Gasteiger partial charge >= 0.3 is 0 Å². The third kappa shape index (κ3) is 2.30. The summed E-state index contributed by atoms with van der Waals surface area (Å²) < 4.78 is 12.1. The smallest absolute Gasteiger partial charge is 0.251 e. The summed E-state index contributed by atoms with van der Waals surface area (Å²) >= 11 is 6.36. The van der Waals surface area contributed by atoms with Crippen molar-refractivity contribution < 1.29 is 9.47 Å². The lowest BCUT2D eigenvalue weighted by Gasteiger charge is -2.21. The van der Waals surface area contributed by atoms with Crippen LogP contribution in [0.4, 0.5) is 0 Å². The van der Waals surface area contributed by atoms with Gasteiger partial charge in [-0.05, 0) is 43.4 Å². The molecular formula is C15H20ClNO2. The Balaban J connectivity index is 1.89. The van der Waals surface area contributed by atoms with Crippen LogP contribution in [0.15, 0.2) is 12.1 Å². The normalized spacial score (nSPS) is 21.0. The maximum atomic E-state index is 6.36. The van der Waals surface area contributed by atoms with Gasteiger partial charge in [-0.2, -0.15) is 0 Å². The zero-order valence-corrected chi connectivity index (χ0v) is 12.0. The molecule has 19 heavy (non-hydrogen) atoms. The molecule has 1 saturated carbocycles. The van der Waals surface area contributed by atoms with Crippen molar-refractivity contribution in [3.63, 3.8) is 0 Å². The van der Waals surface area contributed by atoms with Crippen molar-refractivity contribution in [1.82, 2.24) is 0 Å². The lowest BCUT2D eigenvalue weighted by atomic mass is 9.97. The first-order valence-electron chi connectivity index (χ1n) is 7.05. The maximum Gasteiger partial charge on any atom is 0.251 e. The third-order valence-corrected chi connectivity index (χ3v) is 4.48. The maximum absolute atomic E-state index is 6.36. The lowest BCUT2D eigenvalue weighted by molar-refractivity contribution is -0.0716. The molecule has 4 heteroatoms. The van der Waals surface area contributed by atoms with Crippen LogP contribution >= 0.6 is 11.6 Å². The summed E-state index contributed by atoms with van der Waals surface area (Å²) in [6.45, 7) is 2.80. The molecule has 0 saturated heterocycles. The number of hydrogen-bond acceptors (Lipinski definition) is 3. The first-order chi connectivity index (χ1) is 9.13. The minimum absolute atomic E-state index is 0.339. The molecule has 1 aliphatic heterocycles. The fourth-order valence-corrected chi connectivity index (χ4v) is 3.37. The van der Waals surface area contributed by atoms with Gasteiger partial charge in [0.1, 0.15) is 0 Å². The van der Waals surface area contributed by atoms with E-state index in [9.17, 15) is 0 Å². The van der Waals surface area contributed by atoms with Crippen molar-refractivity contribution in [3.8, 4) is 11.5 Å². The van der Waals surface area contributed by atoms with Crippen LogP contribution in [-0.4, -0.2) is 12.3 Å². The number of fused-ring (bicyclic) bond motifs is 1. The Morgan fingerprint density at radius 2 is 1.89 bits per heavy atom. The second-order valence-corrected chi connectivity index (χ2v) is 6.03. The van der Waals surface area contributed by atoms with Crippen LogP contribution < -0.4 is 15.2 Å².